The quantitative estimate of drug-likeness (QED) is 0.476. The molecule has 0 aliphatic rings. The number of aromatic nitrogens is 2. The van der Waals surface area contributed by atoms with E-state index in [-0.39, 0.29) is 22.8 Å². The molecule has 2 aromatic rings. The van der Waals surface area contributed by atoms with Crippen molar-refractivity contribution < 1.29 is 14.6 Å². The summed E-state index contributed by atoms with van der Waals surface area (Å²) in [5.74, 6) is -0.669. The Morgan fingerprint density at radius 1 is 1.27 bits per heavy atom. The standard InChI is InChI=1S/C18H21N3O4S/c1-4-20-15(22)14(16(23)21(5-2)18(20)26)11-19-13-9-7-8-12(10-13)17(24)25-6-3/h7-11,22H,4-6H2,1-3H3. The highest BCUT2D eigenvalue weighted by molar-refractivity contribution is 7.71. The van der Waals surface area contributed by atoms with Crippen molar-refractivity contribution in [3.63, 3.8) is 0 Å². The van der Waals surface area contributed by atoms with Crippen LogP contribution in [0.25, 0.3) is 0 Å². The molecular formula is C18H21N3O4S. The number of carbonyl (C=O) groups is 1. The predicted molar refractivity (Wildman–Crippen MR) is 102 cm³/mol. The van der Waals surface area contributed by atoms with E-state index in [2.05, 4.69) is 4.99 Å². The van der Waals surface area contributed by atoms with Gasteiger partial charge in [-0.2, -0.15) is 0 Å². The molecule has 0 spiro atoms. The van der Waals surface area contributed by atoms with Crippen LogP contribution in [0.2, 0.25) is 0 Å². The first-order chi connectivity index (χ1) is 12.4. The molecule has 0 unspecified atom stereocenters. The minimum atomic E-state index is -0.444. The fraction of sp³-hybridized carbons (Fsp3) is 0.333. The third-order valence-corrected chi connectivity index (χ3v) is 4.21. The zero-order valence-corrected chi connectivity index (χ0v) is 15.7. The summed E-state index contributed by atoms with van der Waals surface area (Å²) in [4.78, 5) is 28.6. The Kier molecular flexibility index (Phi) is 6.46. The van der Waals surface area contributed by atoms with Crippen molar-refractivity contribution in [3.8, 4) is 5.88 Å². The van der Waals surface area contributed by atoms with Crippen molar-refractivity contribution in [1.82, 2.24) is 9.13 Å². The molecule has 1 aromatic heterocycles. The molecular weight excluding hydrogens is 354 g/mol. The maximum Gasteiger partial charge on any atom is 0.338 e. The monoisotopic (exact) mass is 375 g/mol. The maximum absolute atomic E-state index is 12.5. The lowest BCUT2D eigenvalue weighted by Crippen LogP contribution is -2.27. The van der Waals surface area contributed by atoms with Crippen molar-refractivity contribution in [3.05, 3.63) is 50.5 Å². The van der Waals surface area contributed by atoms with Crippen LogP contribution in [0.1, 0.15) is 36.7 Å². The molecule has 1 aromatic carbocycles. The third-order valence-electron chi connectivity index (χ3n) is 3.77. The Morgan fingerprint density at radius 2 is 1.96 bits per heavy atom. The van der Waals surface area contributed by atoms with Gasteiger partial charge in [0.15, 0.2) is 4.77 Å². The molecule has 0 atom stereocenters. The van der Waals surface area contributed by atoms with E-state index in [1.54, 1.807) is 38.1 Å². The Balaban J connectivity index is 2.49. The largest absolute Gasteiger partial charge is 0.494 e. The second-order valence-electron chi connectivity index (χ2n) is 5.34. The number of nitrogens with zero attached hydrogens (tertiary/aromatic N) is 3. The van der Waals surface area contributed by atoms with Crippen LogP contribution in [0.5, 0.6) is 5.88 Å². The summed E-state index contributed by atoms with van der Waals surface area (Å²) in [6, 6.07) is 6.53. The van der Waals surface area contributed by atoms with Crippen LogP contribution in [-0.4, -0.2) is 33.0 Å². The Bertz CT molecular complexity index is 960. The first kappa shape index (κ1) is 19.6. The fourth-order valence-electron chi connectivity index (χ4n) is 2.45. The van der Waals surface area contributed by atoms with E-state index >= 15 is 0 Å². The number of esters is 1. The SMILES string of the molecule is CCOC(=O)c1cccc(N=Cc2c(O)n(CC)c(=S)n(CC)c2=O)c1. The lowest BCUT2D eigenvalue weighted by molar-refractivity contribution is 0.0526. The van der Waals surface area contributed by atoms with Gasteiger partial charge in [0, 0.05) is 19.3 Å². The molecule has 7 nitrogen and oxygen atoms in total. The van der Waals surface area contributed by atoms with Crippen LogP contribution < -0.4 is 5.56 Å². The van der Waals surface area contributed by atoms with Crippen molar-refractivity contribution in [2.75, 3.05) is 6.61 Å². The van der Waals surface area contributed by atoms with Crippen LogP contribution in [0.3, 0.4) is 0 Å². The van der Waals surface area contributed by atoms with Crippen LogP contribution in [-0.2, 0) is 17.8 Å². The zero-order valence-electron chi connectivity index (χ0n) is 14.9. The summed E-state index contributed by atoms with van der Waals surface area (Å²) in [6.07, 6.45) is 1.29. The topological polar surface area (TPSA) is 85.8 Å². The van der Waals surface area contributed by atoms with Gasteiger partial charge < -0.3 is 9.84 Å². The highest BCUT2D eigenvalue weighted by atomic mass is 32.1. The average molecular weight is 375 g/mol. The normalized spacial score (nSPS) is 11.0. The van der Waals surface area contributed by atoms with Gasteiger partial charge in [-0.1, -0.05) is 6.07 Å². The van der Waals surface area contributed by atoms with Gasteiger partial charge in [-0.3, -0.25) is 18.9 Å². The van der Waals surface area contributed by atoms with Gasteiger partial charge in [-0.25, -0.2) is 4.79 Å². The third kappa shape index (κ3) is 3.91. The summed E-state index contributed by atoms with van der Waals surface area (Å²) < 4.78 is 8.09. The minimum absolute atomic E-state index is 0.0452. The van der Waals surface area contributed by atoms with Gasteiger partial charge in [0.05, 0.1) is 17.9 Å². The molecule has 0 aliphatic heterocycles. The Labute approximate surface area is 156 Å². The number of rotatable bonds is 6. The van der Waals surface area contributed by atoms with Crippen LogP contribution >= 0.6 is 12.2 Å². The maximum atomic E-state index is 12.5. The van der Waals surface area contributed by atoms with E-state index in [1.807, 2.05) is 6.92 Å². The first-order valence-electron chi connectivity index (χ1n) is 8.32. The predicted octanol–water partition coefficient (Wildman–Crippen LogP) is 3.05. The molecule has 1 heterocycles. The lowest BCUT2D eigenvalue weighted by atomic mass is 10.2. The molecule has 26 heavy (non-hydrogen) atoms. The van der Waals surface area contributed by atoms with E-state index in [0.717, 1.165) is 0 Å². The number of benzene rings is 1. The smallest absolute Gasteiger partial charge is 0.338 e. The zero-order chi connectivity index (χ0) is 19.3. The summed E-state index contributed by atoms with van der Waals surface area (Å²) in [5.41, 5.74) is 0.456. The average Bonchev–Trinajstić information content (AvgIpc) is 2.63. The second-order valence-corrected chi connectivity index (χ2v) is 5.71. The second kappa shape index (κ2) is 8.57. The van der Waals surface area contributed by atoms with Crippen molar-refractivity contribution in [2.24, 2.45) is 4.99 Å². The van der Waals surface area contributed by atoms with Crippen LogP contribution in [0.4, 0.5) is 5.69 Å². The van der Waals surface area contributed by atoms with Crippen molar-refractivity contribution in [2.45, 2.75) is 33.9 Å². The van der Waals surface area contributed by atoms with E-state index in [9.17, 15) is 14.7 Å². The molecule has 0 radical (unpaired) electrons. The van der Waals surface area contributed by atoms with E-state index in [0.29, 0.717) is 24.3 Å². The van der Waals surface area contributed by atoms with Gasteiger partial charge >= 0.3 is 5.97 Å². The molecule has 0 bridgehead atoms. The van der Waals surface area contributed by atoms with Crippen LogP contribution in [0.15, 0.2) is 34.1 Å². The Hall–Kier alpha value is -2.74. The molecule has 8 heteroatoms. The lowest BCUT2D eigenvalue weighted by Gasteiger charge is -2.13. The van der Waals surface area contributed by atoms with E-state index < -0.39 is 11.5 Å². The number of hydrogen-bond donors (Lipinski definition) is 1. The van der Waals surface area contributed by atoms with Gasteiger partial charge in [0.2, 0.25) is 5.88 Å². The van der Waals surface area contributed by atoms with Gasteiger partial charge in [-0.15, -0.1) is 0 Å². The van der Waals surface area contributed by atoms with Gasteiger partial charge in [0.25, 0.3) is 5.56 Å². The Morgan fingerprint density at radius 3 is 2.58 bits per heavy atom. The molecule has 0 saturated carbocycles. The number of ether oxygens (including phenoxy) is 1. The highest BCUT2D eigenvalue weighted by Crippen LogP contribution is 2.17. The summed E-state index contributed by atoms with van der Waals surface area (Å²) in [5, 5.41) is 10.4. The minimum Gasteiger partial charge on any atom is -0.494 e. The first-order valence-corrected chi connectivity index (χ1v) is 8.73. The summed E-state index contributed by atoms with van der Waals surface area (Å²) in [6.45, 7) is 6.44. The summed E-state index contributed by atoms with van der Waals surface area (Å²) >= 11 is 5.24. The molecule has 0 amide bonds. The molecule has 138 valence electrons. The number of aliphatic imine (C=N–C) groups is 1. The molecule has 0 fully saturated rings. The highest BCUT2D eigenvalue weighted by Gasteiger charge is 2.14. The van der Waals surface area contributed by atoms with Gasteiger partial charge in [0.1, 0.15) is 5.56 Å². The fourth-order valence-corrected chi connectivity index (χ4v) is 2.88. The van der Waals surface area contributed by atoms with Crippen molar-refractivity contribution >= 4 is 30.1 Å². The molecule has 0 saturated heterocycles. The molecule has 2 rings (SSSR count). The van der Waals surface area contributed by atoms with Crippen LogP contribution in [0, 0.1) is 4.77 Å². The van der Waals surface area contributed by atoms with Gasteiger partial charge in [-0.05, 0) is 51.2 Å². The van der Waals surface area contributed by atoms with Crippen molar-refractivity contribution in [1.29, 1.82) is 0 Å². The molecule has 0 aliphatic carbocycles. The van der Waals surface area contributed by atoms with E-state index in [4.69, 9.17) is 17.0 Å². The number of hydrogen-bond acceptors (Lipinski definition) is 6. The molecule has 1 N–H and O–H groups in total. The summed E-state index contributed by atoms with van der Waals surface area (Å²) in [7, 11) is 0. The number of aromatic hydroxyl groups is 1. The number of carbonyl (C=O) groups excluding carboxylic acids is 1. The van der Waals surface area contributed by atoms with E-state index in [1.165, 1.54) is 15.3 Å².